The highest BCUT2D eigenvalue weighted by atomic mass is 19.1. The summed E-state index contributed by atoms with van der Waals surface area (Å²) in [4.78, 5) is 0. The summed E-state index contributed by atoms with van der Waals surface area (Å²) in [6, 6.07) is 9.62. The van der Waals surface area contributed by atoms with Crippen LogP contribution in [0.2, 0.25) is 0 Å². The van der Waals surface area contributed by atoms with Crippen molar-refractivity contribution in [3.05, 3.63) is 59.2 Å². The topological polar surface area (TPSA) is 21.3 Å². The Morgan fingerprint density at radius 1 is 1.14 bits per heavy atom. The number of aryl methyl sites for hydroxylation is 1. The summed E-state index contributed by atoms with van der Waals surface area (Å²) < 4.78 is 32.7. The lowest BCUT2D eigenvalue weighted by Gasteiger charge is -2.12. The number of rotatable bonds is 5. The van der Waals surface area contributed by atoms with Crippen LogP contribution >= 0.6 is 0 Å². The van der Waals surface area contributed by atoms with Crippen molar-refractivity contribution in [2.45, 2.75) is 32.4 Å². The fourth-order valence-corrected chi connectivity index (χ4v) is 2.09. The molecule has 0 aromatic heterocycles. The Morgan fingerprint density at radius 3 is 2.67 bits per heavy atom. The lowest BCUT2D eigenvalue weighted by molar-refractivity contribution is 0.464. The van der Waals surface area contributed by atoms with Crippen LogP contribution in [0.4, 0.5) is 8.78 Å². The molecule has 1 fully saturated rings. The first-order chi connectivity index (χ1) is 10.1. The Kier molecular flexibility index (Phi) is 3.88. The van der Waals surface area contributed by atoms with Gasteiger partial charge in [-0.3, -0.25) is 0 Å². The van der Waals surface area contributed by atoms with E-state index in [9.17, 15) is 8.78 Å². The minimum Gasteiger partial charge on any atom is -0.457 e. The Labute approximate surface area is 122 Å². The summed E-state index contributed by atoms with van der Waals surface area (Å²) >= 11 is 0. The SMILES string of the molecule is Cc1ccc(Oc2ccc(F)cc2CNC2CC2)cc1F. The largest absolute Gasteiger partial charge is 0.457 e. The van der Waals surface area contributed by atoms with Gasteiger partial charge in [0, 0.05) is 24.2 Å². The second-order valence-electron chi connectivity index (χ2n) is 5.42. The van der Waals surface area contributed by atoms with Gasteiger partial charge in [0.05, 0.1) is 0 Å². The van der Waals surface area contributed by atoms with Crippen LogP contribution in [0.15, 0.2) is 36.4 Å². The summed E-state index contributed by atoms with van der Waals surface area (Å²) in [5, 5.41) is 3.33. The van der Waals surface area contributed by atoms with E-state index in [1.54, 1.807) is 25.1 Å². The van der Waals surface area contributed by atoms with E-state index in [1.807, 2.05) is 0 Å². The third-order valence-corrected chi connectivity index (χ3v) is 3.55. The summed E-state index contributed by atoms with van der Waals surface area (Å²) in [5.41, 5.74) is 1.31. The fourth-order valence-electron chi connectivity index (χ4n) is 2.09. The Bertz CT molecular complexity index is 653. The number of hydrogen-bond donors (Lipinski definition) is 1. The maximum atomic E-state index is 13.6. The molecule has 0 saturated heterocycles. The molecular weight excluding hydrogens is 272 g/mol. The number of ether oxygens (including phenoxy) is 1. The highest BCUT2D eigenvalue weighted by Crippen LogP contribution is 2.28. The van der Waals surface area contributed by atoms with Crippen molar-refractivity contribution in [3.63, 3.8) is 0 Å². The highest BCUT2D eigenvalue weighted by Gasteiger charge is 2.21. The molecule has 21 heavy (non-hydrogen) atoms. The summed E-state index contributed by atoms with van der Waals surface area (Å²) in [6.07, 6.45) is 2.32. The van der Waals surface area contributed by atoms with E-state index >= 15 is 0 Å². The zero-order valence-corrected chi connectivity index (χ0v) is 11.8. The molecule has 0 bridgehead atoms. The predicted molar refractivity (Wildman–Crippen MR) is 77.5 cm³/mol. The van der Waals surface area contributed by atoms with Gasteiger partial charge < -0.3 is 10.1 Å². The normalized spacial score (nSPS) is 14.2. The summed E-state index contributed by atoms with van der Waals surface area (Å²) in [7, 11) is 0. The van der Waals surface area contributed by atoms with Crippen molar-refractivity contribution in [2.75, 3.05) is 0 Å². The van der Waals surface area contributed by atoms with Crippen molar-refractivity contribution in [3.8, 4) is 11.5 Å². The minimum atomic E-state index is -0.313. The molecule has 1 saturated carbocycles. The van der Waals surface area contributed by atoms with Crippen LogP contribution in [0.25, 0.3) is 0 Å². The van der Waals surface area contributed by atoms with Crippen LogP contribution < -0.4 is 10.1 Å². The van der Waals surface area contributed by atoms with Gasteiger partial charge in [0.25, 0.3) is 0 Å². The van der Waals surface area contributed by atoms with Crippen LogP contribution in [0.5, 0.6) is 11.5 Å². The van der Waals surface area contributed by atoms with Crippen LogP contribution in [0.3, 0.4) is 0 Å². The van der Waals surface area contributed by atoms with E-state index in [-0.39, 0.29) is 11.6 Å². The molecule has 0 spiro atoms. The van der Waals surface area contributed by atoms with E-state index in [1.165, 1.54) is 18.2 Å². The first kappa shape index (κ1) is 14.0. The molecule has 110 valence electrons. The molecular formula is C17H17F2NO. The van der Waals surface area contributed by atoms with Crippen molar-refractivity contribution >= 4 is 0 Å². The van der Waals surface area contributed by atoms with Gasteiger partial charge in [-0.25, -0.2) is 8.78 Å². The zero-order chi connectivity index (χ0) is 14.8. The minimum absolute atomic E-state index is 0.301. The monoisotopic (exact) mass is 289 g/mol. The number of hydrogen-bond acceptors (Lipinski definition) is 2. The first-order valence-electron chi connectivity index (χ1n) is 7.07. The molecule has 0 radical (unpaired) electrons. The second kappa shape index (κ2) is 5.82. The maximum Gasteiger partial charge on any atom is 0.132 e. The highest BCUT2D eigenvalue weighted by molar-refractivity contribution is 5.39. The Hall–Kier alpha value is -1.94. The summed E-state index contributed by atoms with van der Waals surface area (Å²) in [6.45, 7) is 2.24. The van der Waals surface area contributed by atoms with E-state index in [4.69, 9.17) is 4.74 Å². The molecule has 2 aromatic rings. The molecule has 4 heteroatoms. The van der Waals surface area contributed by atoms with Crippen LogP contribution in [-0.4, -0.2) is 6.04 Å². The smallest absolute Gasteiger partial charge is 0.132 e. The molecule has 0 amide bonds. The van der Waals surface area contributed by atoms with E-state index < -0.39 is 0 Å². The van der Waals surface area contributed by atoms with Crippen LogP contribution in [0, 0.1) is 18.6 Å². The van der Waals surface area contributed by atoms with Crippen molar-refractivity contribution in [1.82, 2.24) is 5.32 Å². The van der Waals surface area contributed by atoms with Gasteiger partial charge >= 0.3 is 0 Å². The van der Waals surface area contributed by atoms with Gasteiger partial charge in [-0.1, -0.05) is 6.07 Å². The molecule has 2 aromatic carbocycles. The quantitative estimate of drug-likeness (QED) is 0.885. The number of benzene rings is 2. The molecule has 1 aliphatic rings. The Balaban J connectivity index is 1.80. The van der Waals surface area contributed by atoms with E-state index in [0.29, 0.717) is 29.6 Å². The van der Waals surface area contributed by atoms with Crippen LogP contribution in [-0.2, 0) is 6.54 Å². The lowest BCUT2D eigenvalue weighted by Crippen LogP contribution is -2.15. The van der Waals surface area contributed by atoms with E-state index in [2.05, 4.69) is 5.32 Å². The van der Waals surface area contributed by atoms with Crippen molar-refractivity contribution < 1.29 is 13.5 Å². The number of halogens is 2. The standard InChI is InChI=1S/C17H17F2NO/c1-11-2-6-15(9-16(11)19)21-17-7-3-13(18)8-12(17)10-20-14-4-5-14/h2-3,6-9,14,20H,4-5,10H2,1H3. The molecule has 0 unspecified atom stereocenters. The lowest BCUT2D eigenvalue weighted by atomic mass is 10.2. The first-order valence-corrected chi connectivity index (χ1v) is 7.07. The average Bonchev–Trinajstić information content (AvgIpc) is 3.27. The van der Waals surface area contributed by atoms with Gasteiger partial charge in [0.2, 0.25) is 0 Å². The maximum absolute atomic E-state index is 13.6. The molecule has 0 aliphatic heterocycles. The van der Waals surface area contributed by atoms with Gasteiger partial charge in [0.1, 0.15) is 23.1 Å². The second-order valence-corrected chi connectivity index (χ2v) is 5.42. The third-order valence-electron chi connectivity index (χ3n) is 3.55. The van der Waals surface area contributed by atoms with Crippen molar-refractivity contribution in [2.24, 2.45) is 0 Å². The fraction of sp³-hybridized carbons (Fsp3) is 0.294. The molecule has 0 heterocycles. The average molecular weight is 289 g/mol. The predicted octanol–water partition coefficient (Wildman–Crippen LogP) is 4.32. The Morgan fingerprint density at radius 2 is 1.95 bits per heavy atom. The molecule has 1 aliphatic carbocycles. The molecule has 2 nitrogen and oxygen atoms in total. The van der Waals surface area contributed by atoms with Gasteiger partial charge in [0.15, 0.2) is 0 Å². The molecule has 3 rings (SSSR count). The summed E-state index contributed by atoms with van der Waals surface area (Å²) in [5.74, 6) is 0.350. The molecule has 0 atom stereocenters. The van der Waals surface area contributed by atoms with Gasteiger partial charge in [-0.05, 0) is 49.6 Å². The number of nitrogens with one attached hydrogen (secondary N) is 1. The zero-order valence-electron chi connectivity index (χ0n) is 11.8. The third kappa shape index (κ3) is 3.58. The van der Waals surface area contributed by atoms with Gasteiger partial charge in [-0.15, -0.1) is 0 Å². The van der Waals surface area contributed by atoms with E-state index in [0.717, 1.165) is 18.4 Å². The van der Waals surface area contributed by atoms with Crippen molar-refractivity contribution in [1.29, 1.82) is 0 Å². The molecule has 1 N–H and O–H groups in total. The van der Waals surface area contributed by atoms with Gasteiger partial charge in [-0.2, -0.15) is 0 Å². The van der Waals surface area contributed by atoms with Crippen LogP contribution in [0.1, 0.15) is 24.0 Å².